The number of aromatic nitrogens is 3. The number of para-hydroxylation sites is 1. The van der Waals surface area contributed by atoms with E-state index in [4.69, 9.17) is 24.3 Å². The summed E-state index contributed by atoms with van der Waals surface area (Å²) in [5.74, 6) is -0.143. The minimum absolute atomic E-state index is 0.0961. The van der Waals surface area contributed by atoms with Gasteiger partial charge in [0.05, 0.1) is 18.9 Å². The predicted molar refractivity (Wildman–Crippen MR) is 150 cm³/mol. The highest BCUT2D eigenvalue weighted by molar-refractivity contribution is 7.52. The Hall–Kier alpha value is -3.57. The first-order valence-corrected chi connectivity index (χ1v) is 15.1. The van der Waals surface area contributed by atoms with Crippen LogP contribution in [0.2, 0.25) is 0 Å². The van der Waals surface area contributed by atoms with Crippen LogP contribution >= 0.6 is 7.75 Å². The molecule has 0 spiro atoms. The third kappa shape index (κ3) is 6.42. The Balaban J connectivity index is 1.53. The van der Waals surface area contributed by atoms with Gasteiger partial charge in [0.25, 0.3) is 0 Å². The molecule has 0 saturated carbocycles. The van der Waals surface area contributed by atoms with E-state index < -0.39 is 50.3 Å². The first-order chi connectivity index (χ1) is 20.1. The number of ether oxygens (including phenoxy) is 2. The fourth-order valence-corrected chi connectivity index (χ4v) is 6.07. The molecule has 2 unspecified atom stereocenters. The molecule has 0 bridgehead atoms. The second-order valence-electron chi connectivity index (χ2n) is 9.96. The number of esters is 1. The SMILES string of the molecule is CCC(CC)COC(=O)[C@H](C)NP(=O)(OC[C@H]1OC(C#N)(c2ccc3c(N)ncnn23)[C@H](O)[C@@H]1O)Oc1ccccc1. The third-order valence-electron chi connectivity index (χ3n) is 7.19. The highest BCUT2D eigenvalue weighted by Crippen LogP contribution is 2.47. The van der Waals surface area contributed by atoms with E-state index in [1.807, 2.05) is 19.9 Å². The zero-order valence-electron chi connectivity index (χ0n) is 23.5. The first-order valence-electron chi connectivity index (χ1n) is 13.5. The van der Waals surface area contributed by atoms with Crippen LogP contribution in [0.15, 0.2) is 48.8 Å². The number of rotatable bonds is 13. The van der Waals surface area contributed by atoms with Crippen molar-refractivity contribution in [1.29, 1.82) is 5.26 Å². The van der Waals surface area contributed by atoms with Crippen LogP contribution < -0.4 is 15.3 Å². The fourth-order valence-electron chi connectivity index (χ4n) is 4.57. The molecule has 0 aliphatic carbocycles. The van der Waals surface area contributed by atoms with Gasteiger partial charge < -0.3 is 29.9 Å². The standard InChI is InChI=1S/C27H35N6O8P/c1-4-18(5-2)13-38-26(36)17(3)32-42(37,41-19-9-7-6-8-10-19)39-14-21-23(34)24(35)27(15-28,40-21)22-12-11-20-25(29)30-16-31-33(20)22/h6-12,16-18,21,23-24,34-35H,4-5,13-14H2,1-3H3,(H,32,37)(H2,29,30,31)/t17-,21+,23+,24+,27?,42?/m0/s1. The van der Waals surface area contributed by atoms with E-state index in [9.17, 15) is 24.8 Å². The van der Waals surface area contributed by atoms with E-state index in [-0.39, 0.29) is 29.8 Å². The van der Waals surface area contributed by atoms with Gasteiger partial charge in [0.15, 0.2) is 5.82 Å². The highest BCUT2D eigenvalue weighted by Gasteiger charge is 2.58. The molecule has 1 aliphatic heterocycles. The summed E-state index contributed by atoms with van der Waals surface area (Å²) in [6.07, 6.45) is -1.87. The zero-order chi connectivity index (χ0) is 30.5. The Bertz CT molecular complexity index is 1460. The van der Waals surface area contributed by atoms with E-state index in [0.29, 0.717) is 5.52 Å². The summed E-state index contributed by atoms with van der Waals surface area (Å²) < 4.78 is 37.8. The molecule has 15 heteroatoms. The average Bonchev–Trinajstić information content (AvgIpc) is 3.53. The van der Waals surface area contributed by atoms with Crippen LogP contribution in [-0.4, -0.2) is 68.3 Å². The molecule has 1 fully saturated rings. The van der Waals surface area contributed by atoms with Crippen molar-refractivity contribution in [2.45, 2.75) is 63.6 Å². The summed E-state index contributed by atoms with van der Waals surface area (Å²) >= 11 is 0. The lowest BCUT2D eigenvalue weighted by atomic mass is 9.92. The van der Waals surface area contributed by atoms with Gasteiger partial charge in [0.1, 0.15) is 48.0 Å². The Morgan fingerprint density at radius 1 is 1.26 bits per heavy atom. The first kappa shape index (κ1) is 31.4. The maximum absolute atomic E-state index is 13.9. The van der Waals surface area contributed by atoms with Crippen LogP contribution in [0.5, 0.6) is 5.75 Å². The minimum Gasteiger partial charge on any atom is -0.464 e. The molecular formula is C27H35N6O8P. The van der Waals surface area contributed by atoms with Crippen molar-refractivity contribution in [3.63, 3.8) is 0 Å². The zero-order valence-corrected chi connectivity index (χ0v) is 24.4. The van der Waals surface area contributed by atoms with E-state index in [1.54, 1.807) is 36.4 Å². The van der Waals surface area contributed by atoms with Gasteiger partial charge in [-0.15, -0.1) is 0 Å². The van der Waals surface area contributed by atoms with Gasteiger partial charge in [0, 0.05) is 0 Å². The number of nitriles is 1. The predicted octanol–water partition coefficient (Wildman–Crippen LogP) is 2.31. The number of carbonyl (C=O) groups excluding carboxylic acids is 1. The van der Waals surface area contributed by atoms with Gasteiger partial charge in [-0.2, -0.15) is 15.4 Å². The number of nitrogen functional groups attached to an aromatic ring is 1. The molecule has 0 amide bonds. The topological polar surface area (TPSA) is 204 Å². The molecule has 1 aromatic carbocycles. The van der Waals surface area contributed by atoms with E-state index in [1.165, 1.54) is 23.8 Å². The summed E-state index contributed by atoms with van der Waals surface area (Å²) in [4.78, 5) is 16.6. The highest BCUT2D eigenvalue weighted by atomic mass is 31.2. The number of anilines is 1. The molecule has 14 nitrogen and oxygen atoms in total. The van der Waals surface area contributed by atoms with Crippen LogP contribution in [0.3, 0.4) is 0 Å². The minimum atomic E-state index is -4.32. The molecule has 2 aromatic heterocycles. The van der Waals surface area contributed by atoms with Gasteiger partial charge in [-0.1, -0.05) is 44.9 Å². The van der Waals surface area contributed by atoms with Crippen LogP contribution in [0, 0.1) is 17.2 Å². The molecule has 42 heavy (non-hydrogen) atoms. The number of hydrogen-bond donors (Lipinski definition) is 4. The summed E-state index contributed by atoms with van der Waals surface area (Å²) in [6.45, 7) is 5.08. The summed E-state index contributed by atoms with van der Waals surface area (Å²) in [5, 5.41) is 38.7. The lowest BCUT2D eigenvalue weighted by Crippen LogP contribution is -2.41. The Labute approximate surface area is 242 Å². The molecule has 0 radical (unpaired) electrons. The number of aliphatic hydroxyl groups is 2. The Morgan fingerprint density at radius 3 is 2.64 bits per heavy atom. The van der Waals surface area contributed by atoms with Crippen molar-refractivity contribution in [3.8, 4) is 11.8 Å². The van der Waals surface area contributed by atoms with Gasteiger partial charge >= 0.3 is 13.7 Å². The molecule has 226 valence electrons. The molecule has 3 heterocycles. The Kier molecular flexibility index (Phi) is 9.83. The quantitative estimate of drug-likeness (QED) is 0.164. The second-order valence-corrected chi connectivity index (χ2v) is 11.7. The van der Waals surface area contributed by atoms with Gasteiger partial charge in [-0.25, -0.2) is 14.1 Å². The molecule has 6 atom stereocenters. The number of benzene rings is 1. The average molecular weight is 603 g/mol. The van der Waals surface area contributed by atoms with Crippen molar-refractivity contribution in [2.75, 3.05) is 18.9 Å². The maximum atomic E-state index is 13.9. The largest absolute Gasteiger partial charge is 0.464 e. The fraction of sp³-hybridized carbons (Fsp3) is 0.481. The molecule has 3 aromatic rings. The normalized spacial score (nSPS) is 24.3. The molecule has 5 N–H and O–H groups in total. The number of nitrogens with one attached hydrogen (secondary N) is 1. The van der Waals surface area contributed by atoms with Gasteiger partial charge in [0.2, 0.25) is 5.60 Å². The lowest BCUT2D eigenvalue weighted by Gasteiger charge is -2.25. The maximum Gasteiger partial charge on any atom is 0.459 e. The van der Waals surface area contributed by atoms with Crippen molar-refractivity contribution >= 4 is 25.1 Å². The number of carbonyl (C=O) groups is 1. The second kappa shape index (κ2) is 13.2. The summed E-state index contributed by atoms with van der Waals surface area (Å²) in [6, 6.07) is 12.0. The van der Waals surface area contributed by atoms with E-state index in [0.717, 1.165) is 12.8 Å². The van der Waals surface area contributed by atoms with Gasteiger partial charge in [-0.3, -0.25) is 9.32 Å². The Morgan fingerprint density at radius 2 is 1.98 bits per heavy atom. The van der Waals surface area contributed by atoms with Crippen molar-refractivity contribution < 1.29 is 38.1 Å². The number of aliphatic hydroxyl groups excluding tert-OH is 2. The monoisotopic (exact) mass is 602 g/mol. The number of hydrogen-bond acceptors (Lipinski definition) is 12. The van der Waals surface area contributed by atoms with Crippen LogP contribution in [0.1, 0.15) is 39.3 Å². The number of nitrogens with zero attached hydrogens (tertiary/aromatic N) is 4. The van der Waals surface area contributed by atoms with Crippen molar-refractivity contribution in [1.82, 2.24) is 19.7 Å². The molecule has 4 rings (SSSR count). The van der Waals surface area contributed by atoms with E-state index in [2.05, 4.69) is 15.2 Å². The molecular weight excluding hydrogens is 567 g/mol. The summed E-state index contributed by atoms with van der Waals surface area (Å²) in [5.41, 5.74) is 4.28. The van der Waals surface area contributed by atoms with Gasteiger partial charge in [-0.05, 0) is 37.1 Å². The number of nitrogens with two attached hydrogens (primary N) is 1. The summed E-state index contributed by atoms with van der Waals surface area (Å²) in [7, 11) is -4.32. The van der Waals surface area contributed by atoms with Crippen molar-refractivity contribution in [2.24, 2.45) is 5.92 Å². The smallest absolute Gasteiger partial charge is 0.459 e. The van der Waals surface area contributed by atoms with Crippen LogP contribution in [0.4, 0.5) is 5.82 Å². The molecule has 1 saturated heterocycles. The van der Waals surface area contributed by atoms with E-state index >= 15 is 0 Å². The lowest BCUT2D eigenvalue weighted by molar-refractivity contribution is -0.146. The number of fused-ring (bicyclic) bond motifs is 1. The van der Waals surface area contributed by atoms with Crippen LogP contribution in [-0.2, 0) is 29.0 Å². The van der Waals surface area contributed by atoms with Crippen molar-refractivity contribution in [3.05, 3.63) is 54.5 Å². The molecule has 1 aliphatic rings. The third-order valence-corrected chi connectivity index (χ3v) is 8.83. The van der Waals surface area contributed by atoms with Crippen LogP contribution in [0.25, 0.3) is 5.52 Å².